The van der Waals surface area contributed by atoms with E-state index in [1.165, 1.54) is 0 Å². The van der Waals surface area contributed by atoms with Crippen LogP contribution in [0.3, 0.4) is 0 Å². The lowest BCUT2D eigenvalue weighted by Gasteiger charge is -1.98. The highest BCUT2D eigenvalue weighted by Gasteiger charge is 2.02. The Labute approximate surface area is 109 Å². The second-order valence-corrected chi connectivity index (χ2v) is 4.59. The summed E-state index contributed by atoms with van der Waals surface area (Å²) in [6, 6.07) is 3.86. The molecule has 0 atom stereocenters. The third kappa shape index (κ3) is 3.21. The molecule has 0 aliphatic carbocycles. The summed E-state index contributed by atoms with van der Waals surface area (Å²) in [5.74, 6) is 3.28. The Hall–Kier alpha value is -1.54. The second-order valence-electron chi connectivity index (χ2n) is 3.67. The minimum atomic E-state index is 0.656. The van der Waals surface area contributed by atoms with Crippen molar-refractivity contribution in [2.45, 2.75) is 19.3 Å². The number of pyridine rings is 1. The van der Waals surface area contributed by atoms with Crippen molar-refractivity contribution in [1.82, 2.24) is 14.6 Å². The fourth-order valence-corrected chi connectivity index (χ4v) is 1.81. The van der Waals surface area contributed by atoms with E-state index in [1.54, 1.807) is 4.52 Å². The summed E-state index contributed by atoms with van der Waals surface area (Å²) in [5, 5.41) is 7.50. The molecule has 0 aromatic carbocycles. The van der Waals surface area contributed by atoms with E-state index in [9.17, 15) is 0 Å². The zero-order valence-corrected chi connectivity index (χ0v) is 10.9. The molecular formula is C12H13BrN4. The molecule has 1 N–H and O–H groups in total. The van der Waals surface area contributed by atoms with Gasteiger partial charge in [-0.1, -0.05) is 0 Å². The number of hydrogen-bond acceptors (Lipinski definition) is 3. The normalized spacial score (nSPS) is 10.4. The van der Waals surface area contributed by atoms with Gasteiger partial charge in [0.05, 0.1) is 0 Å². The number of rotatable bonds is 5. The maximum absolute atomic E-state index is 5.18. The molecule has 2 aromatic rings. The number of hydrogen-bond donors (Lipinski definition) is 1. The smallest absolute Gasteiger partial charge is 0.243 e. The number of fused-ring (bicyclic) bond motifs is 1. The van der Waals surface area contributed by atoms with Gasteiger partial charge in [-0.2, -0.15) is 4.98 Å². The molecule has 0 spiro atoms. The van der Waals surface area contributed by atoms with Crippen molar-refractivity contribution < 1.29 is 0 Å². The van der Waals surface area contributed by atoms with Gasteiger partial charge in [0, 0.05) is 23.6 Å². The zero-order chi connectivity index (χ0) is 12.1. The van der Waals surface area contributed by atoms with Crippen molar-refractivity contribution in [1.29, 1.82) is 0 Å². The van der Waals surface area contributed by atoms with Crippen LogP contribution in [0.1, 0.15) is 19.3 Å². The van der Waals surface area contributed by atoms with Crippen molar-refractivity contribution in [2.75, 3.05) is 11.9 Å². The van der Waals surface area contributed by atoms with E-state index < -0.39 is 0 Å². The monoisotopic (exact) mass is 292 g/mol. The van der Waals surface area contributed by atoms with Gasteiger partial charge in [0.2, 0.25) is 5.95 Å². The van der Waals surface area contributed by atoms with E-state index in [0.29, 0.717) is 5.95 Å². The number of unbranched alkanes of at least 4 members (excludes halogenated alkanes) is 2. The molecule has 2 rings (SSSR count). The van der Waals surface area contributed by atoms with Gasteiger partial charge < -0.3 is 5.32 Å². The number of nitrogens with one attached hydrogen (secondary N) is 1. The van der Waals surface area contributed by atoms with Crippen molar-refractivity contribution >= 4 is 27.5 Å². The van der Waals surface area contributed by atoms with Crippen molar-refractivity contribution in [3.05, 3.63) is 22.8 Å². The molecule has 0 aliphatic rings. The van der Waals surface area contributed by atoms with Crippen LogP contribution in [0.25, 0.3) is 5.65 Å². The standard InChI is InChI=1S/C12H13BrN4/c1-2-3-4-5-8-14-12-15-11-7-6-10(13)9-17(11)16-12/h1,6-7,9H,3-5,8H2,(H,14,16). The number of nitrogens with zero attached hydrogens (tertiary/aromatic N) is 3. The lowest BCUT2D eigenvalue weighted by atomic mass is 10.2. The van der Waals surface area contributed by atoms with Crippen LogP contribution in [0.5, 0.6) is 0 Å². The molecule has 0 saturated carbocycles. The summed E-state index contributed by atoms with van der Waals surface area (Å²) < 4.78 is 2.73. The van der Waals surface area contributed by atoms with Crippen molar-refractivity contribution in [3.63, 3.8) is 0 Å². The van der Waals surface area contributed by atoms with Crippen LogP contribution in [-0.2, 0) is 0 Å². The number of aromatic nitrogens is 3. The van der Waals surface area contributed by atoms with Crippen LogP contribution in [0, 0.1) is 12.3 Å². The first-order valence-corrected chi connectivity index (χ1v) is 6.28. The van der Waals surface area contributed by atoms with Gasteiger partial charge in [0.1, 0.15) is 0 Å². The Balaban J connectivity index is 1.93. The first-order valence-electron chi connectivity index (χ1n) is 5.49. The third-order valence-corrected chi connectivity index (χ3v) is 2.79. The molecule has 0 bridgehead atoms. The van der Waals surface area contributed by atoms with Gasteiger partial charge in [-0.3, -0.25) is 0 Å². The molecular weight excluding hydrogens is 280 g/mol. The van der Waals surface area contributed by atoms with Crippen molar-refractivity contribution in [2.24, 2.45) is 0 Å². The fourth-order valence-electron chi connectivity index (χ4n) is 1.49. The minimum Gasteiger partial charge on any atom is -0.353 e. The SMILES string of the molecule is C#CCCCCNc1nc2ccc(Br)cn2n1. The predicted molar refractivity (Wildman–Crippen MR) is 71.9 cm³/mol. The van der Waals surface area contributed by atoms with Crippen LogP contribution in [0.4, 0.5) is 5.95 Å². The molecule has 0 unspecified atom stereocenters. The van der Waals surface area contributed by atoms with Crippen LogP contribution in [-0.4, -0.2) is 21.1 Å². The third-order valence-electron chi connectivity index (χ3n) is 2.33. The molecule has 88 valence electrons. The average molecular weight is 293 g/mol. The first kappa shape index (κ1) is 11.9. The Kier molecular flexibility index (Phi) is 3.99. The van der Waals surface area contributed by atoms with E-state index in [2.05, 4.69) is 37.2 Å². The molecule has 4 nitrogen and oxygen atoms in total. The van der Waals surface area contributed by atoms with E-state index in [1.807, 2.05) is 18.3 Å². The van der Waals surface area contributed by atoms with E-state index in [4.69, 9.17) is 6.42 Å². The lowest BCUT2D eigenvalue weighted by molar-refractivity contribution is 0.783. The quantitative estimate of drug-likeness (QED) is 0.681. The largest absolute Gasteiger partial charge is 0.353 e. The summed E-state index contributed by atoms with van der Waals surface area (Å²) in [6.07, 6.45) is 9.95. The second kappa shape index (κ2) is 5.69. The fraction of sp³-hybridized carbons (Fsp3) is 0.333. The van der Waals surface area contributed by atoms with Crippen LogP contribution >= 0.6 is 15.9 Å². The Morgan fingerprint density at radius 3 is 3.12 bits per heavy atom. The average Bonchev–Trinajstić information content (AvgIpc) is 2.70. The summed E-state index contributed by atoms with van der Waals surface area (Å²) in [5.41, 5.74) is 0.833. The number of anilines is 1. The summed E-state index contributed by atoms with van der Waals surface area (Å²) >= 11 is 3.39. The maximum atomic E-state index is 5.18. The maximum Gasteiger partial charge on any atom is 0.243 e. The zero-order valence-electron chi connectivity index (χ0n) is 9.36. The van der Waals surface area contributed by atoms with Gasteiger partial charge in [-0.15, -0.1) is 17.4 Å². The van der Waals surface area contributed by atoms with E-state index >= 15 is 0 Å². The molecule has 17 heavy (non-hydrogen) atoms. The van der Waals surface area contributed by atoms with Gasteiger partial charge >= 0.3 is 0 Å². The van der Waals surface area contributed by atoms with E-state index in [0.717, 1.165) is 35.9 Å². The summed E-state index contributed by atoms with van der Waals surface area (Å²) in [7, 11) is 0. The number of halogens is 1. The Bertz CT molecular complexity index is 541. The molecule has 2 heterocycles. The lowest BCUT2D eigenvalue weighted by Crippen LogP contribution is -2.02. The molecule has 2 aromatic heterocycles. The molecule has 5 heteroatoms. The van der Waals surface area contributed by atoms with Gasteiger partial charge in [-0.05, 0) is 40.9 Å². The van der Waals surface area contributed by atoms with Gasteiger partial charge in [0.15, 0.2) is 5.65 Å². The van der Waals surface area contributed by atoms with Gasteiger partial charge in [0.25, 0.3) is 0 Å². The van der Waals surface area contributed by atoms with Crippen LogP contribution < -0.4 is 5.32 Å². The minimum absolute atomic E-state index is 0.656. The highest BCUT2D eigenvalue weighted by Crippen LogP contribution is 2.12. The Morgan fingerprint density at radius 2 is 2.29 bits per heavy atom. The van der Waals surface area contributed by atoms with E-state index in [-0.39, 0.29) is 0 Å². The van der Waals surface area contributed by atoms with Crippen LogP contribution in [0.2, 0.25) is 0 Å². The van der Waals surface area contributed by atoms with Gasteiger partial charge in [-0.25, -0.2) is 4.52 Å². The molecule has 0 saturated heterocycles. The molecule has 0 radical (unpaired) electrons. The molecule has 0 aliphatic heterocycles. The predicted octanol–water partition coefficient (Wildman–Crippen LogP) is 2.71. The van der Waals surface area contributed by atoms with Crippen molar-refractivity contribution in [3.8, 4) is 12.3 Å². The van der Waals surface area contributed by atoms with Crippen LogP contribution in [0.15, 0.2) is 22.8 Å². The summed E-state index contributed by atoms with van der Waals surface area (Å²) in [6.45, 7) is 0.847. The Morgan fingerprint density at radius 1 is 1.41 bits per heavy atom. The number of terminal acetylenes is 1. The molecule has 0 fully saturated rings. The highest BCUT2D eigenvalue weighted by molar-refractivity contribution is 9.10. The highest BCUT2D eigenvalue weighted by atomic mass is 79.9. The topological polar surface area (TPSA) is 42.2 Å². The summed E-state index contributed by atoms with van der Waals surface area (Å²) in [4.78, 5) is 4.35. The first-order chi connectivity index (χ1) is 8.29. The molecule has 0 amide bonds.